The molecule has 2 N–H and O–H groups in total. The van der Waals surface area contributed by atoms with Crippen molar-refractivity contribution in [2.45, 2.75) is 56.8 Å². The lowest BCUT2D eigenvalue weighted by molar-refractivity contribution is 0.140. The molecule has 0 saturated heterocycles. The molecule has 1 fully saturated rings. The number of rotatable bonds is 7. The second-order valence-corrected chi connectivity index (χ2v) is 8.85. The Balaban J connectivity index is 2.24. The van der Waals surface area contributed by atoms with E-state index in [9.17, 15) is 13.5 Å². The maximum atomic E-state index is 11.5. The summed E-state index contributed by atoms with van der Waals surface area (Å²) in [5.74, 6) is 0.657. The summed E-state index contributed by atoms with van der Waals surface area (Å²) >= 11 is 0. The molecule has 108 valence electrons. The van der Waals surface area contributed by atoms with Crippen LogP contribution >= 0.6 is 0 Å². The van der Waals surface area contributed by atoms with E-state index in [0.29, 0.717) is 19.0 Å². The molecule has 0 bridgehead atoms. The van der Waals surface area contributed by atoms with Crippen LogP contribution < -0.4 is 5.32 Å². The summed E-state index contributed by atoms with van der Waals surface area (Å²) in [6.45, 7) is 4.28. The van der Waals surface area contributed by atoms with Crippen molar-refractivity contribution in [3.63, 3.8) is 0 Å². The van der Waals surface area contributed by atoms with Crippen LogP contribution in [0.3, 0.4) is 0 Å². The average molecular weight is 277 g/mol. The standard InChI is InChI=1S/C13H27NO3S/c1-13(2,18(3,16)17)10-14-9-12(15)8-11-6-4-5-7-11/h11-12,14-15H,4-10H2,1-3H3. The van der Waals surface area contributed by atoms with E-state index in [1.54, 1.807) is 13.8 Å². The molecule has 1 saturated carbocycles. The van der Waals surface area contributed by atoms with Crippen molar-refractivity contribution in [2.75, 3.05) is 19.3 Å². The third-order valence-electron chi connectivity index (χ3n) is 4.01. The van der Waals surface area contributed by atoms with Gasteiger partial charge in [-0.15, -0.1) is 0 Å². The van der Waals surface area contributed by atoms with Crippen molar-refractivity contribution in [3.05, 3.63) is 0 Å². The predicted octanol–water partition coefficient (Wildman–Crippen LogP) is 1.34. The molecule has 1 unspecified atom stereocenters. The van der Waals surface area contributed by atoms with Crippen LogP contribution in [0.5, 0.6) is 0 Å². The van der Waals surface area contributed by atoms with Crippen LogP contribution in [0.1, 0.15) is 46.0 Å². The average Bonchev–Trinajstić information content (AvgIpc) is 2.68. The Hall–Kier alpha value is -0.130. The van der Waals surface area contributed by atoms with Crippen LogP contribution in [0.4, 0.5) is 0 Å². The van der Waals surface area contributed by atoms with E-state index >= 15 is 0 Å². The first-order valence-electron chi connectivity index (χ1n) is 6.81. The van der Waals surface area contributed by atoms with Gasteiger partial charge in [-0.2, -0.15) is 0 Å². The lowest BCUT2D eigenvalue weighted by Gasteiger charge is -2.24. The fourth-order valence-corrected chi connectivity index (χ4v) is 2.75. The minimum absolute atomic E-state index is 0.358. The van der Waals surface area contributed by atoms with Crippen LogP contribution in [0.2, 0.25) is 0 Å². The summed E-state index contributed by atoms with van der Waals surface area (Å²) in [6.07, 6.45) is 6.76. The second-order valence-electron chi connectivity index (χ2n) is 6.20. The predicted molar refractivity (Wildman–Crippen MR) is 74.4 cm³/mol. The molecule has 0 amide bonds. The van der Waals surface area contributed by atoms with Crippen molar-refractivity contribution >= 4 is 9.84 Å². The van der Waals surface area contributed by atoms with Crippen LogP contribution in [-0.4, -0.2) is 43.7 Å². The van der Waals surface area contributed by atoms with Gasteiger partial charge < -0.3 is 10.4 Å². The monoisotopic (exact) mass is 277 g/mol. The molecule has 0 aromatic heterocycles. The maximum Gasteiger partial charge on any atom is 0.153 e. The SMILES string of the molecule is CC(C)(CNCC(O)CC1CCCC1)S(C)(=O)=O. The van der Waals surface area contributed by atoms with Crippen LogP contribution in [-0.2, 0) is 9.84 Å². The van der Waals surface area contributed by atoms with Crippen LogP contribution in [0.15, 0.2) is 0 Å². The number of hydrogen-bond donors (Lipinski definition) is 2. The Morgan fingerprint density at radius 2 is 1.89 bits per heavy atom. The molecule has 0 radical (unpaired) electrons. The molecule has 1 aliphatic carbocycles. The molecule has 0 spiro atoms. The number of hydrogen-bond acceptors (Lipinski definition) is 4. The molecule has 0 aromatic carbocycles. The van der Waals surface area contributed by atoms with Gasteiger partial charge in [0.1, 0.15) is 0 Å². The zero-order chi connectivity index (χ0) is 13.8. The van der Waals surface area contributed by atoms with Gasteiger partial charge in [-0.1, -0.05) is 25.7 Å². The molecule has 18 heavy (non-hydrogen) atoms. The van der Waals surface area contributed by atoms with Crippen molar-refractivity contribution in [1.29, 1.82) is 0 Å². The van der Waals surface area contributed by atoms with Gasteiger partial charge in [0.05, 0.1) is 10.9 Å². The Morgan fingerprint density at radius 1 is 1.33 bits per heavy atom. The van der Waals surface area contributed by atoms with Gasteiger partial charge in [0, 0.05) is 19.3 Å². The van der Waals surface area contributed by atoms with E-state index in [-0.39, 0.29) is 6.10 Å². The zero-order valence-electron chi connectivity index (χ0n) is 11.8. The Morgan fingerprint density at radius 3 is 2.39 bits per heavy atom. The van der Waals surface area contributed by atoms with Crippen molar-refractivity contribution in [1.82, 2.24) is 5.32 Å². The normalized spacial score (nSPS) is 20.2. The fourth-order valence-electron chi connectivity index (χ4n) is 2.39. The summed E-state index contributed by atoms with van der Waals surface area (Å²) in [7, 11) is -3.07. The number of aliphatic hydroxyl groups excluding tert-OH is 1. The molecule has 0 aliphatic heterocycles. The molecule has 1 atom stereocenters. The molecule has 4 nitrogen and oxygen atoms in total. The highest BCUT2D eigenvalue weighted by atomic mass is 32.2. The van der Waals surface area contributed by atoms with E-state index in [1.807, 2.05) is 0 Å². The number of sulfone groups is 1. The first kappa shape index (κ1) is 15.9. The highest BCUT2D eigenvalue weighted by molar-refractivity contribution is 7.92. The van der Waals surface area contributed by atoms with Gasteiger partial charge >= 0.3 is 0 Å². The summed E-state index contributed by atoms with van der Waals surface area (Å²) in [5.41, 5.74) is 0. The lowest BCUT2D eigenvalue weighted by atomic mass is 10.00. The van der Waals surface area contributed by atoms with E-state index in [2.05, 4.69) is 5.32 Å². The molecular weight excluding hydrogens is 250 g/mol. The maximum absolute atomic E-state index is 11.5. The van der Waals surface area contributed by atoms with E-state index < -0.39 is 14.6 Å². The Bertz CT molecular complexity index is 345. The summed E-state index contributed by atoms with van der Waals surface area (Å²) in [6, 6.07) is 0. The quantitative estimate of drug-likeness (QED) is 0.737. The highest BCUT2D eigenvalue weighted by Gasteiger charge is 2.29. The van der Waals surface area contributed by atoms with Gasteiger partial charge in [-0.3, -0.25) is 0 Å². The molecule has 5 heteroatoms. The van der Waals surface area contributed by atoms with Crippen molar-refractivity contribution < 1.29 is 13.5 Å². The molecule has 1 aliphatic rings. The minimum atomic E-state index is -3.07. The highest BCUT2D eigenvalue weighted by Crippen LogP contribution is 2.28. The third-order valence-corrected chi connectivity index (χ3v) is 6.17. The number of aliphatic hydroxyl groups is 1. The van der Waals surface area contributed by atoms with E-state index in [4.69, 9.17) is 0 Å². The van der Waals surface area contributed by atoms with Gasteiger partial charge in [0.15, 0.2) is 9.84 Å². The second kappa shape index (κ2) is 6.35. The minimum Gasteiger partial charge on any atom is -0.392 e. The molecular formula is C13H27NO3S. The van der Waals surface area contributed by atoms with Gasteiger partial charge in [-0.25, -0.2) is 8.42 Å². The summed E-state index contributed by atoms with van der Waals surface area (Å²) in [4.78, 5) is 0. The van der Waals surface area contributed by atoms with Gasteiger partial charge in [0.2, 0.25) is 0 Å². The zero-order valence-corrected chi connectivity index (χ0v) is 12.6. The first-order valence-corrected chi connectivity index (χ1v) is 8.70. The molecule has 0 aromatic rings. The third kappa shape index (κ3) is 4.86. The molecule has 0 heterocycles. The van der Waals surface area contributed by atoms with Gasteiger partial charge in [-0.05, 0) is 26.2 Å². The largest absolute Gasteiger partial charge is 0.392 e. The van der Waals surface area contributed by atoms with Crippen LogP contribution in [0.25, 0.3) is 0 Å². The van der Waals surface area contributed by atoms with Crippen molar-refractivity contribution in [3.8, 4) is 0 Å². The van der Waals surface area contributed by atoms with Crippen molar-refractivity contribution in [2.24, 2.45) is 5.92 Å². The first-order chi connectivity index (χ1) is 8.22. The fraction of sp³-hybridized carbons (Fsp3) is 1.00. The summed E-state index contributed by atoms with van der Waals surface area (Å²) < 4.78 is 22.2. The Labute approximate surface area is 111 Å². The smallest absolute Gasteiger partial charge is 0.153 e. The van der Waals surface area contributed by atoms with E-state index in [0.717, 1.165) is 6.42 Å². The number of nitrogens with one attached hydrogen (secondary N) is 1. The topological polar surface area (TPSA) is 66.4 Å². The summed E-state index contributed by atoms with van der Waals surface area (Å²) in [5, 5.41) is 13.0. The van der Waals surface area contributed by atoms with Crippen LogP contribution in [0, 0.1) is 5.92 Å². The van der Waals surface area contributed by atoms with E-state index in [1.165, 1.54) is 31.9 Å². The molecule has 1 rings (SSSR count). The van der Waals surface area contributed by atoms with Gasteiger partial charge in [0.25, 0.3) is 0 Å². The lowest BCUT2D eigenvalue weighted by Crippen LogP contribution is -2.43. The Kier molecular flexibility index (Phi) is 5.62.